The summed E-state index contributed by atoms with van der Waals surface area (Å²) in [6.07, 6.45) is 0. The zero-order valence-corrected chi connectivity index (χ0v) is 31.7. The van der Waals surface area contributed by atoms with Crippen LogP contribution in [0.1, 0.15) is 0 Å². The van der Waals surface area contributed by atoms with E-state index in [4.69, 9.17) is 13.3 Å². The Labute approximate surface area is 337 Å². The normalized spacial score (nSPS) is 12.1. The maximum absolute atomic E-state index is 7.10. The van der Waals surface area contributed by atoms with Crippen molar-refractivity contribution in [2.45, 2.75) is 0 Å². The van der Waals surface area contributed by atoms with Crippen molar-refractivity contribution < 1.29 is 13.3 Å². The summed E-state index contributed by atoms with van der Waals surface area (Å²) in [5.74, 6) is 0.836. The summed E-state index contributed by atoms with van der Waals surface area (Å²) < 4.78 is 20.0. The minimum atomic E-state index is 0.799. The molecule has 0 radical (unpaired) electrons. The van der Waals surface area contributed by atoms with Crippen molar-refractivity contribution >= 4 is 87.2 Å². The summed E-state index contributed by atoms with van der Waals surface area (Å²) in [4.78, 5) is 0. The molecule has 10 aromatic carbocycles. The van der Waals surface area contributed by atoms with Crippen LogP contribution < -0.4 is 0 Å². The Morgan fingerprint density at radius 2 is 0.847 bits per heavy atom. The van der Waals surface area contributed by atoms with Crippen LogP contribution in [0.5, 0.6) is 0 Å². The summed E-state index contributed by atoms with van der Waals surface area (Å²) in [5, 5.41) is 12.4. The van der Waals surface area contributed by atoms with Gasteiger partial charge in [-0.3, -0.25) is 0 Å². The highest BCUT2D eigenvalue weighted by Crippen LogP contribution is 2.51. The minimum absolute atomic E-state index is 0.799. The molecule has 0 saturated carbocycles. The van der Waals surface area contributed by atoms with Gasteiger partial charge in [-0.1, -0.05) is 146 Å². The van der Waals surface area contributed by atoms with E-state index in [1.165, 1.54) is 27.3 Å². The molecule has 0 N–H and O–H groups in total. The lowest BCUT2D eigenvalue weighted by Crippen LogP contribution is -1.91. The fourth-order valence-electron chi connectivity index (χ4n) is 9.61. The van der Waals surface area contributed by atoms with E-state index in [2.05, 4.69) is 170 Å². The van der Waals surface area contributed by atoms with Gasteiger partial charge >= 0.3 is 0 Å². The Morgan fingerprint density at radius 3 is 1.59 bits per heavy atom. The van der Waals surface area contributed by atoms with Gasteiger partial charge in [-0.05, 0) is 109 Å². The first kappa shape index (κ1) is 32.2. The maximum Gasteiger partial charge on any atom is 0.147 e. The van der Waals surface area contributed by atoms with Crippen molar-refractivity contribution in [3.63, 3.8) is 0 Å². The van der Waals surface area contributed by atoms with E-state index in [0.717, 1.165) is 105 Å². The molecule has 0 spiro atoms. The van der Waals surface area contributed by atoms with Crippen molar-refractivity contribution in [3.05, 3.63) is 194 Å². The van der Waals surface area contributed by atoms with Gasteiger partial charge in [0, 0.05) is 32.7 Å². The van der Waals surface area contributed by atoms with Gasteiger partial charge in [0.05, 0.1) is 5.39 Å². The molecule has 0 amide bonds. The van der Waals surface area contributed by atoms with E-state index in [-0.39, 0.29) is 0 Å². The van der Waals surface area contributed by atoms with Crippen molar-refractivity contribution in [2.24, 2.45) is 0 Å². The number of benzene rings is 10. The van der Waals surface area contributed by atoms with Crippen LogP contribution in [-0.4, -0.2) is 0 Å². The first-order valence-corrected chi connectivity index (χ1v) is 20.1. The second-order valence-electron chi connectivity index (χ2n) is 15.5. The first-order chi connectivity index (χ1) is 29.2. The van der Waals surface area contributed by atoms with Crippen LogP contribution >= 0.6 is 0 Å². The smallest absolute Gasteiger partial charge is 0.147 e. The number of furan rings is 3. The van der Waals surface area contributed by atoms with Crippen LogP contribution in [-0.2, 0) is 0 Å². The molecule has 274 valence electrons. The van der Waals surface area contributed by atoms with Gasteiger partial charge in [0.1, 0.15) is 33.7 Å². The molecule has 0 unspecified atom stereocenters. The molecule has 0 aliphatic carbocycles. The third-order valence-electron chi connectivity index (χ3n) is 12.2. The largest absolute Gasteiger partial charge is 0.456 e. The summed E-state index contributed by atoms with van der Waals surface area (Å²) in [6.45, 7) is 0. The van der Waals surface area contributed by atoms with Gasteiger partial charge < -0.3 is 13.3 Å². The molecule has 3 heteroatoms. The Bertz CT molecular complexity index is 3780. The third kappa shape index (κ3) is 4.76. The molecule has 59 heavy (non-hydrogen) atoms. The van der Waals surface area contributed by atoms with Gasteiger partial charge in [-0.15, -0.1) is 0 Å². The molecular formula is C56H32O3. The second-order valence-corrected chi connectivity index (χ2v) is 15.5. The lowest BCUT2D eigenvalue weighted by molar-refractivity contribution is 0.633. The van der Waals surface area contributed by atoms with Crippen molar-refractivity contribution in [1.29, 1.82) is 0 Å². The predicted molar refractivity (Wildman–Crippen MR) is 245 cm³/mol. The molecule has 13 rings (SSSR count). The molecule has 0 fully saturated rings. The van der Waals surface area contributed by atoms with Crippen LogP contribution in [0.2, 0.25) is 0 Å². The Kier molecular flexibility index (Phi) is 6.72. The van der Waals surface area contributed by atoms with Crippen LogP contribution in [0.4, 0.5) is 0 Å². The van der Waals surface area contributed by atoms with E-state index in [9.17, 15) is 0 Å². The summed E-state index contributed by atoms with van der Waals surface area (Å²) in [7, 11) is 0. The van der Waals surface area contributed by atoms with E-state index < -0.39 is 0 Å². The molecule has 3 nitrogen and oxygen atoms in total. The molecule has 13 aromatic rings. The molecule has 0 atom stereocenters. The summed E-state index contributed by atoms with van der Waals surface area (Å²) >= 11 is 0. The average molecular weight is 753 g/mol. The number of rotatable bonds is 4. The van der Waals surface area contributed by atoms with Gasteiger partial charge in [0.15, 0.2) is 0 Å². The van der Waals surface area contributed by atoms with E-state index in [1.54, 1.807) is 0 Å². The molecule has 3 heterocycles. The highest BCUT2D eigenvalue weighted by atomic mass is 16.3. The number of hydrogen-bond acceptors (Lipinski definition) is 3. The Hall–Kier alpha value is -7.88. The second kappa shape index (κ2) is 12.3. The molecule has 0 aliphatic rings. The van der Waals surface area contributed by atoms with Gasteiger partial charge in [0.2, 0.25) is 0 Å². The predicted octanol–water partition coefficient (Wildman–Crippen LogP) is 16.4. The fraction of sp³-hybridized carbons (Fsp3) is 0. The Balaban J connectivity index is 1.05. The molecule has 3 aromatic heterocycles. The van der Waals surface area contributed by atoms with Crippen molar-refractivity contribution in [2.75, 3.05) is 0 Å². The minimum Gasteiger partial charge on any atom is -0.456 e. The SMILES string of the molecule is c1ccc(-c2c(-c3c4ccccc4c(-c4cccc(-c5ccc6cc7oc8ccccc8c7cc6c5)c4)c4ccccc34)oc3ccc4c5ccccc5oc4c23)cc1. The lowest BCUT2D eigenvalue weighted by Gasteiger charge is -2.18. The molecular weight excluding hydrogens is 721 g/mol. The van der Waals surface area contributed by atoms with Gasteiger partial charge in [-0.2, -0.15) is 0 Å². The fourth-order valence-corrected chi connectivity index (χ4v) is 9.61. The van der Waals surface area contributed by atoms with Crippen LogP contribution in [0, 0.1) is 0 Å². The summed E-state index contributed by atoms with van der Waals surface area (Å²) in [5.41, 5.74) is 12.2. The Morgan fingerprint density at radius 1 is 0.254 bits per heavy atom. The number of fused-ring (bicyclic) bond motifs is 11. The van der Waals surface area contributed by atoms with E-state index in [0.29, 0.717) is 0 Å². The quantitative estimate of drug-likeness (QED) is 0.168. The number of hydrogen-bond donors (Lipinski definition) is 0. The molecule has 0 saturated heterocycles. The van der Waals surface area contributed by atoms with Crippen LogP contribution in [0.25, 0.3) is 132 Å². The van der Waals surface area contributed by atoms with Crippen LogP contribution in [0.3, 0.4) is 0 Å². The van der Waals surface area contributed by atoms with Crippen molar-refractivity contribution in [3.8, 4) is 44.7 Å². The van der Waals surface area contributed by atoms with E-state index >= 15 is 0 Å². The summed E-state index contributed by atoms with van der Waals surface area (Å²) in [6, 6.07) is 69.1. The van der Waals surface area contributed by atoms with Crippen LogP contribution in [0.15, 0.2) is 207 Å². The highest BCUT2D eigenvalue weighted by Gasteiger charge is 2.26. The van der Waals surface area contributed by atoms with Crippen molar-refractivity contribution in [1.82, 2.24) is 0 Å². The standard InChI is InChI=1S/C56H32O3/c1-2-13-33(14-3-1)52-54-49(28-27-45-39-17-8-11-24-48(39)58-55(45)54)59-56(52)53-43-21-6-4-19-41(43)51(42-20-5-7-22-44(42)53)37-16-12-15-34(29-37)35-25-26-36-32-50-46(31-38(36)30-35)40-18-9-10-23-47(40)57-50/h1-32H. The lowest BCUT2D eigenvalue weighted by atomic mass is 9.85. The van der Waals surface area contributed by atoms with Gasteiger partial charge in [-0.25, -0.2) is 0 Å². The maximum atomic E-state index is 7.10. The topological polar surface area (TPSA) is 39.4 Å². The third-order valence-corrected chi connectivity index (χ3v) is 12.2. The molecule has 0 bridgehead atoms. The molecule has 0 aliphatic heterocycles. The van der Waals surface area contributed by atoms with E-state index in [1.807, 2.05) is 24.3 Å². The monoisotopic (exact) mass is 752 g/mol. The highest BCUT2D eigenvalue weighted by molar-refractivity contribution is 6.26. The zero-order chi connectivity index (χ0) is 38.6. The average Bonchev–Trinajstić information content (AvgIpc) is 3.98. The zero-order valence-electron chi connectivity index (χ0n) is 31.7. The first-order valence-electron chi connectivity index (χ1n) is 20.1. The number of para-hydroxylation sites is 2. The van der Waals surface area contributed by atoms with Gasteiger partial charge in [0.25, 0.3) is 0 Å².